The largest absolute Gasteiger partial charge is 0.451 e. The van der Waals surface area contributed by atoms with Crippen LogP contribution in [0.3, 0.4) is 0 Å². The second-order valence-corrected chi connectivity index (χ2v) is 5.73. The lowest BCUT2D eigenvalue weighted by Gasteiger charge is -2.33. The fourth-order valence-electron chi connectivity index (χ4n) is 2.65. The average Bonchev–Trinajstić information content (AvgIpc) is 2.99. The molecule has 4 nitrogen and oxygen atoms in total. The van der Waals surface area contributed by atoms with Crippen LogP contribution < -0.4 is 0 Å². The highest BCUT2D eigenvalue weighted by Gasteiger charge is 2.29. The third kappa shape index (κ3) is 2.76. The number of hydrogen-bond donors (Lipinski definition) is 1. The lowest BCUT2D eigenvalue weighted by molar-refractivity contribution is 0.0231. The van der Waals surface area contributed by atoms with Gasteiger partial charge in [-0.05, 0) is 36.6 Å². The van der Waals surface area contributed by atoms with Crippen LogP contribution in [0.4, 0.5) is 4.39 Å². The first kappa shape index (κ1) is 14.8. The number of carbonyl (C=O) groups excluding carboxylic acids is 1. The summed E-state index contributed by atoms with van der Waals surface area (Å²) in [5.41, 5.74) is 0.328. The van der Waals surface area contributed by atoms with Crippen molar-refractivity contribution in [3.63, 3.8) is 0 Å². The van der Waals surface area contributed by atoms with Crippen LogP contribution in [-0.2, 0) is 0 Å². The zero-order chi connectivity index (χ0) is 15.7. The molecule has 1 saturated heterocycles. The lowest BCUT2D eigenvalue weighted by atomic mass is 9.96. The van der Waals surface area contributed by atoms with E-state index in [9.17, 15) is 14.3 Å². The molecule has 1 aromatic carbocycles. The van der Waals surface area contributed by atoms with Crippen molar-refractivity contribution in [2.24, 2.45) is 5.92 Å². The molecule has 0 bridgehead atoms. The molecular weight excluding hydrogens is 285 g/mol. The Hall–Kier alpha value is -2.14. The minimum Gasteiger partial charge on any atom is -0.451 e. The van der Waals surface area contributed by atoms with Crippen molar-refractivity contribution in [1.29, 1.82) is 0 Å². The molecule has 1 fully saturated rings. The fraction of sp³-hybridized carbons (Fsp3) is 0.353. The molecule has 0 saturated carbocycles. The van der Waals surface area contributed by atoms with Gasteiger partial charge in [0.15, 0.2) is 5.76 Å². The first-order chi connectivity index (χ1) is 10.6. The number of piperidine rings is 1. The third-order valence-electron chi connectivity index (χ3n) is 4.16. The Morgan fingerprint density at radius 1 is 1.32 bits per heavy atom. The van der Waals surface area contributed by atoms with Gasteiger partial charge in [0.25, 0.3) is 5.91 Å². The Labute approximate surface area is 128 Å². The van der Waals surface area contributed by atoms with Gasteiger partial charge in [0.1, 0.15) is 11.6 Å². The Bertz CT molecular complexity index is 682. The van der Waals surface area contributed by atoms with Crippen LogP contribution in [0.2, 0.25) is 0 Å². The molecule has 2 aromatic rings. The van der Waals surface area contributed by atoms with E-state index in [0.717, 1.165) is 6.42 Å². The molecule has 3 rings (SSSR count). The molecule has 1 aliphatic rings. The molecule has 1 amide bonds. The second kappa shape index (κ2) is 5.93. The topological polar surface area (TPSA) is 53.7 Å². The summed E-state index contributed by atoms with van der Waals surface area (Å²) >= 11 is 0. The summed E-state index contributed by atoms with van der Waals surface area (Å²) in [6.45, 7) is 2.86. The first-order valence-electron chi connectivity index (χ1n) is 7.38. The number of rotatable bonds is 2. The number of β-amino-alcohol motifs (C(OH)–C–C–N with tert-alkyl or cyclic N) is 1. The maximum Gasteiger partial charge on any atom is 0.289 e. The number of benzene rings is 1. The number of nitrogens with zero attached hydrogens (tertiary/aromatic N) is 1. The Morgan fingerprint density at radius 3 is 2.82 bits per heavy atom. The minimum atomic E-state index is -0.515. The van der Waals surface area contributed by atoms with Crippen LogP contribution in [-0.4, -0.2) is 35.1 Å². The minimum absolute atomic E-state index is 0.167. The quantitative estimate of drug-likeness (QED) is 0.928. The SMILES string of the molecule is CC1CCN(C(=O)c2ccc(-c3ccccc3F)o2)CC1O. The lowest BCUT2D eigenvalue weighted by Crippen LogP contribution is -2.45. The Kier molecular flexibility index (Phi) is 3.98. The van der Waals surface area contributed by atoms with Crippen LogP contribution in [0.15, 0.2) is 40.8 Å². The van der Waals surface area contributed by atoms with Crippen LogP contribution in [0, 0.1) is 11.7 Å². The van der Waals surface area contributed by atoms with Crippen LogP contribution in [0.25, 0.3) is 11.3 Å². The van der Waals surface area contributed by atoms with Gasteiger partial charge in [-0.2, -0.15) is 0 Å². The second-order valence-electron chi connectivity index (χ2n) is 5.73. The van der Waals surface area contributed by atoms with Gasteiger partial charge in [-0.25, -0.2) is 4.39 Å². The summed E-state index contributed by atoms with van der Waals surface area (Å²) in [6, 6.07) is 9.41. The van der Waals surface area contributed by atoms with E-state index in [1.807, 2.05) is 6.92 Å². The van der Waals surface area contributed by atoms with Crippen LogP contribution >= 0.6 is 0 Å². The van der Waals surface area contributed by atoms with Gasteiger partial charge in [0.2, 0.25) is 0 Å². The number of hydrogen-bond acceptors (Lipinski definition) is 3. The molecule has 0 spiro atoms. The molecule has 0 aliphatic carbocycles. The van der Waals surface area contributed by atoms with Gasteiger partial charge in [-0.1, -0.05) is 19.1 Å². The van der Waals surface area contributed by atoms with E-state index in [1.54, 1.807) is 35.2 Å². The summed E-state index contributed by atoms with van der Waals surface area (Å²) in [5.74, 6) is 0.0219. The predicted molar refractivity (Wildman–Crippen MR) is 79.8 cm³/mol. The molecular formula is C17H18FNO3. The molecule has 0 radical (unpaired) electrons. The maximum atomic E-state index is 13.7. The monoisotopic (exact) mass is 303 g/mol. The van der Waals surface area contributed by atoms with Crippen molar-refractivity contribution >= 4 is 5.91 Å². The van der Waals surface area contributed by atoms with Crippen molar-refractivity contribution in [2.45, 2.75) is 19.4 Å². The first-order valence-corrected chi connectivity index (χ1v) is 7.38. The highest BCUT2D eigenvalue weighted by Crippen LogP contribution is 2.26. The molecule has 5 heteroatoms. The highest BCUT2D eigenvalue weighted by molar-refractivity contribution is 5.92. The molecule has 1 aliphatic heterocycles. The summed E-state index contributed by atoms with van der Waals surface area (Å²) in [5, 5.41) is 9.89. The molecule has 2 unspecified atom stereocenters. The number of halogens is 1. The normalized spacial score (nSPS) is 21.9. The molecule has 22 heavy (non-hydrogen) atoms. The highest BCUT2D eigenvalue weighted by atomic mass is 19.1. The van der Waals surface area contributed by atoms with E-state index in [4.69, 9.17) is 4.42 Å². The van der Waals surface area contributed by atoms with Crippen molar-refractivity contribution in [1.82, 2.24) is 4.90 Å². The van der Waals surface area contributed by atoms with Gasteiger partial charge in [0.05, 0.1) is 11.7 Å². The number of furan rings is 1. The summed E-state index contributed by atoms with van der Waals surface area (Å²) in [7, 11) is 0. The zero-order valence-electron chi connectivity index (χ0n) is 12.3. The number of carbonyl (C=O) groups is 1. The standard InChI is InChI=1S/C17H18FNO3/c1-11-8-9-19(10-14(11)20)17(21)16-7-6-15(22-16)12-4-2-3-5-13(12)18/h2-7,11,14,20H,8-10H2,1H3. The number of amides is 1. The Morgan fingerprint density at radius 2 is 2.09 bits per heavy atom. The summed E-state index contributed by atoms with van der Waals surface area (Å²) in [6.07, 6.45) is 0.243. The molecule has 1 N–H and O–H groups in total. The van der Waals surface area contributed by atoms with Gasteiger partial charge in [-0.3, -0.25) is 4.79 Å². The Balaban J connectivity index is 1.79. The van der Waals surface area contributed by atoms with Crippen molar-refractivity contribution in [3.05, 3.63) is 48.0 Å². The molecule has 116 valence electrons. The van der Waals surface area contributed by atoms with Gasteiger partial charge >= 0.3 is 0 Å². The molecule has 2 heterocycles. The molecule has 2 atom stereocenters. The third-order valence-corrected chi connectivity index (χ3v) is 4.16. The van der Waals surface area contributed by atoms with Gasteiger partial charge < -0.3 is 14.4 Å². The van der Waals surface area contributed by atoms with E-state index >= 15 is 0 Å². The van der Waals surface area contributed by atoms with Crippen molar-refractivity contribution < 1.29 is 18.7 Å². The van der Waals surface area contributed by atoms with Crippen LogP contribution in [0.1, 0.15) is 23.9 Å². The van der Waals surface area contributed by atoms with E-state index in [2.05, 4.69) is 0 Å². The number of aliphatic hydroxyl groups excluding tert-OH is 1. The fourth-order valence-corrected chi connectivity index (χ4v) is 2.65. The maximum absolute atomic E-state index is 13.7. The van der Waals surface area contributed by atoms with Crippen molar-refractivity contribution in [2.75, 3.05) is 13.1 Å². The van der Waals surface area contributed by atoms with Gasteiger partial charge in [-0.15, -0.1) is 0 Å². The van der Waals surface area contributed by atoms with E-state index in [-0.39, 0.29) is 17.6 Å². The van der Waals surface area contributed by atoms with E-state index in [0.29, 0.717) is 24.4 Å². The van der Waals surface area contributed by atoms with E-state index in [1.165, 1.54) is 6.07 Å². The van der Waals surface area contributed by atoms with Gasteiger partial charge in [0, 0.05) is 13.1 Å². The number of likely N-dealkylation sites (tertiary alicyclic amines) is 1. The number of aliphatic hydroxyl groups is 1. The predicted octanol–water partition coefficient (Wildman–Crippen LogP) is 2.93. The van der Waals surface area contributed by atoms with Crippen molar-refractivity contribution in [3.8, 4) is 11.3 Å². The van der Waals surface area contributed by atoms with E-state index < -0.39 is 11.9 Å². The molecule has 1 aromatic heterocycles. The summed E-state index contributed by atoms with van der Waals surface area (Å²) in [4.78, 5) is 14.0. The zero-order valence-corrected chi connectivity index (χ0v) is 12.3. The average molecular weight is 303 g/mol. The summed E-state index contributed by atoms with van der Waals surface area (Å²) < 4.78 is 19.3. The van der Waals surface area contributed by atoms with Crippen LogP contribution in [0.5, 0.6) is 0 Å². The smallest absolute Gasteiger partial charge is 0.289 e.